The topological polar surface area (TPSA) is 142 Å². The summed E-state index contributed by atoms with van der Waals surface area (Å²) in [5.41, 5.74) is 0.543. The van der Waals surface area contributed by atoms with Crippen LogP contribution in [-0.2, 0) is 16.9 Å². The van der Waals surface area contributed by atoms with E-state index in [1.54, 1.807) is 37.6 Å². The van der Waals surface area contributed by atoms with Gasteiger partial charge in [-0.15, -0.1) is 0 Å². The molecule has 1 aromatic carbocycles. The second-order valence-corrected chi connectivity index (χ2v) is 10.2. The van der Waals surface area contributed by atoms with E-state index in [0.29, 0.717) is 68.3 Å². The number of anilines is 4. The van der Waals surface area contributed by atoms with E-state index >= 15 is 0 Å². The van der Waals surface area contributed by atoms with Crippen molar-refractivity contribution in [3.8, 4) is 0 Å². The van der Waals surface area contributed by atoms with Crippen LogP contribution < -0.4 is 20.4 Å². The molecule has 0 amide bonds. The number of nitrogens with zero attached hydrogens (tertiary/aromatic N) is 9. The first-order chi connectivity index (χ1) is 19.9. The van der Waals surface area contributed by atoms with Crippen LogP contribution in [0.25, 0.3) is 0 Å². The molecule has 2 saturated heterocycles. The average molecular weight is 562 g/mol. The molecular weight excluding hydrogens is 529 g/mol. The van der Waals surface area contributed by atoms with Gasteiger partial charge in [0.25, 0.3) is 0 Å². The Morgan fingerprint density at radius 3 is 2.44 bits per heavy atom. The zero-order chi connectivity index (χ0) is 28.2. The van der Waals surface area contributed by atoms with Crippen molar-refractivity contribution in [3.05, 3.63) is 72.3 Å². The SMILES string of the molecule is C[C@@](O)(c1ccc(F)cc1)c1cnc(N2CCN(c3ncnc(Nc4cnn(C[C@@H]5CNCCO5)c4)n3)CC2)nc1. The maximum absolute atomic E-state index is 13.3. The van der Waals surface area contributed by atoms with E-state index in [-0.39, 0.29) is 11.9 Å². The smallest absolute Gasteiger partial charge is 0.232 e. The van der Waals surface area contributed by atoms with Gasteiger partial charge in [-0.2, -0.15) is 10.1 Å². The normalized spacial score (nSPS) is 19.1. The molecule has 214 valence electrons. The van der Waals surface area contributed by atoms with E-state index in [2.05, 4.69) is 50.5 Å². The standard InChI is InChI=1S/C27H32FN11O2/c1-27(40,19-2-4-21(28)5-3-19)20-12-30-25(31-13-20)37-7-9-38(10-8-37)26-33-18-32-24(36-26)35-22-14-34-39(16-22)17-23-15-29-6-11-41-23/h2-5,12-14,16,18,23,29,40H,6-11,15,17H2,1H3,(H,32,33,35,36)/t23-,27+/m0/s1. The van der Waals surface area contributed by atoms with Gasteiger partial charge in [-0.05, 0) is 24.6 Å². The van der Waals surface area contributed by atoms with Gasteiger partial charge >= 0.3 is 0 Å². The number of benzene rings is 1. The van der Waals surface area contributed by atoms with Gasteiger partial charge in [-0.1, -0.05) is 12.1 Å². The monoisotopic (exact) mass is 561 g/mol. The van der Waals surface area contributed by atoms with Gasteiger partial charge in [0, 0.05) is 63.4 Å². The van der Waals surface area contributed by atoms with Gasteiger partial charge in [-0.3, -0.25) is 4.68 Å². The summed E-state index contributed by atoms with van der Waals surface area (Å²) in [6.45, 7) is 7.41. The number of ether oxygens (including phenoxy) is 1. The lowest BCUT2D eigenvalue weighted by molar-refractivity contribution is 0.0161. The molecule has 0 unspecified atom stereocenters. The highest BCUT2D eigenvalue weighted by Gasteiger charge is 2.28. The number of piperazine rings is 1. The lowest BCUT2D eigenvalue weighted by Gasteiger charge is -2.34. The van der Waals surface area contributed by atoms with Gasteiger partial charge in [0.2, 0.25) is 17.8 Å². The molecule has 2 fully saturated rings. The molecule has 3 aromatic heterocycles. The molecule has 6 rings (SSSR count). The first kappa shape index (κ1) is 26.9. The summed E-state index contributed by atoms with van der Waals surface area (Å²) < 4.78 is 20.9. The summed E-state index contributed by atoms with van der Waals surface area (Å²) in [6, 6.07) is 5.76. The third-order valence-corrected chi connectivity index (χ3v) is 7.30. The summed E-state index contributed by atoms with van der Waals surface area (Å²) >= 11 is 0. The Hall–Kier alpha value is -4.27. The predicted octanol–water partition coefficient (Wildman–Crippen LogP) is 1.31. The first-order valence-electron chi connectivity index (χ1n) is 13.6. The largest absolute Gasteiger partial charge is 0.381 e. The van der Waals surface area contributed by atoms with Gasteiger partial charge in [0.05, 0.1) is 31.1 Å². The number of halogens is 1. The predicted molar refractivity (Wildman–Crippen MR) is 149 cm³/mol. The first-order valence-corrected chi connectivity index (χ1v) is 13.6. The van der Waals surface area contributed by atoms with Crippen molar-refractivity contribution in [1.29, 1.82) is 0 Å². The highest BCUT2D eigenvalue weighted by Crippen LogP contribution is 2.29. The number of rotatable bonds is 8. The molecule has 0 saturated carbocycles. The molecule has 0 bridgehead atoms. The van der Waals surface area contributed by atoms with Crippen LogP contribution in [0.1, 0.15) is 18.1 Å². The Bertz CT molecular complexity index is 1430. The van der Waals surface area contributed by atoms with Crippen molar-refractivity contribution >= 4 is 23.5 Å². The number of aromatic nitrogens is 7. The average Bonchev–Trinajstić information content (AvgIpc) is 3.44. The van der Waals surface area contributed by atoms with Crippen LogP contribution in [0.4, 0.5) is 27.9 Å². The Labute approximate surface area is 236 Å². The second kappa shape index (κ2) is 11.7. The third-order valence-electron chi connectivity index (χ3n) is 7.30. The summed E-state index contributed by atoms with van der Waals surface area (Å²) in [5, 5.41) is 22.0. The zero-order valence-electron chi connectivity index (χ0n) is 22.7. The molecule has 14 heteroatoms. The summed E-state index contributed by atoms with van der Waals surface area (Å²) in [4.78, 5) is 26.4. The molecular formula is C27H32FN11O2. The van der Waals surface area contributed by atoms with Crippen molar-refractivity contribution in [2.45, 2.75) is 25.2 Å². The highest BCUT2D eigenvalue weighted by molar-refractivity contribution is 5.51. The summed E-state index contributed by atoms with van der Waals surface area (Å²) in [6.07, 6.45) is 8.47. The Kier molecular flexibility index (Phi) is 7.67. The highest BCUT2D eigenvalue weighted by atomic mass is 19.1. The molecule has 2 aliphatic rings. The number of aliphatic hydroxyl groups is 1. The van der Waals surface area contributed by atoms with Crippen molar-refractivity contribution < 1.29 is 14.2 Å². The van der Waals surface area contributed by atoms with Crippen LogP contribution >= 0.6 is 0 Å². The van der Waals surface area contributed by atoms with E-state index in [0.717, 1.165) is 18.8 Å². The molecule has 2 aliphatic heterocycles. The third kappa shape index (κ3) is 6.24. The van der Waals surface area contributed by atoms with E-state index < -0.39 is 5.60 Å². The number of hydrogen-bond donors (Lipinski definition) is 3. The number of nitrogens with one attached hydrogen (secondary N) is 2. The maximum Gasteiger partial charge on any atom is 0.232 e. The Morgan fingerprint density at radius 1 is 1.00 bits per heavy atom. The van der Waals surface area contributed by atoms with Crippen LogP contribution in [0, 0.1) is 5.82 Å². The lowest BCUT2D eigenvalue weighted by atomic mass is 9.90. The zero-order valence-corrected chi connectivity index (χ0v) is 22.7. The van der Waals surface area contributed by atoms with Crippen molar-refractivity contribution in [2.24, 2.45) is 0 Å². The summed E-state index contributed by atoms with van der Waals surface area (Å²) in [5.74, 6) is 1.25. The van der Waals surface area contributed by atoms with E-state index in [1.165, 1.54) is 18.5 Å². The van der Waals surface area contributed by atoms with Crippen LogP contribution in [0.15, 0.2) is 55.4 Å². The quantitative estimate of drug-likeness (QED) is 0.285. The Morgan fingerprint density at radius 2 is 1.73 bits per heavy atom. The van der Waals surface area contributed by atoms with Gasteiger partial charge in [-0.25, -0.2) is 24.3 Å². The molecule has 0 spiro atoms. The fourth-order valence-corrected chi connectivity index (χ4v) is 4.89. The molecule has 13 nitrogen and oxygen atoms in total. The molecule has 2 atom stereocenters. The lowest BCUT2D eigenvalue weighted by Crippen LogP contribution is -2.47. The van der Waals surface area contributed by atoms with Crippen molar-refractivity contribution in [1.82, 2.24) is 40.0 Å². The van der Waals surface area contributed by atoms with Crippen molar-refractivity contribution in [2.75, 3.05) is 61.0 Å². The molecule has 5 heterocycles. The molecule has 0 aliphatic carbocycles. The minimum atomic E-state index is -1.34. The van der Waals surface area contributed by atoms with Gasteiger partial charge in [0.15, 0.2) is 0 Å². The molecule has 41 heavy (non-hydrogen) atoms. The number of hydrogen-bond acceptors (Lipinski definition) is 12. The van der Waals surface area contributed by atoms with E-state index in [9.17, 15) is 9.50 Å². The van der Waals surface area contributed by atoms with Crippen molar-refractivity contribution in [3.63, 3.8) is 0 Å². The van der Waals surface area contributed by atoms with E-state index in [1.807, 2.05) is 10.9 Å². The van der Waals surface area contributed by atoms with Crippen LogP contribution in [0.3, 0.4) is 0 Å². The molecule has 4 aromatic rings. The van der Waals surface area contributed by atoms with Gasteiger partial charge in [0.1, 0.15) is 17.7 Å². The van der Waals surface area contributed by atoms with E-state index in [4.69, 9.17) is 4.74 Å². The second-order valence-electron chi connectivity index (χ2n) is 10.2. The minimum absolute atomic E-state index is 0.0959. The fraction of sp³-hybridized carbons (Fsp3) is 0.407. The molecule has 3 N–H and O–H groups in total. The fourth-order valence-electron chi connectivity index (χ4n) is 4.89. The van der Waals surface area contributed by atoms with Crippen LogP contribution in [0.5, 0.6) is 0 Å². The van der Waals surface area contributed by atoms with Crippen LogP contribution in [-0.4, -0.2) is 91.8 Å². The van der Waals surface area contributed by atoms with Gasteiger partial charge < -0.3 is 30.3 Å². The summed E-state index contributed by atoms with van der Waals surface area (Å²) in [7, 11) is 0. The molecule has 0 radical (unpaired) electrons. The Balaban J connectivity index is 1.04. The minimum Gasteiger partial charge on any atom is -0.381 e. The maximum atomic E-state index is 13.3. The van der Waals surface area contributed by atoms with Crippen LogP contribution in [0.2, 0.25) is 0 Å². The number of morpholine rings is 1.